The molecule has 3 aromatic heterocycles. The molecule has 6 heterocycles. The first-order valence-corrected chi connectivity index (χ1v) is 22.4. The van der Waals surface area contributed by atoms with Crippen molar-refractivity contribution in [2.45, 2.75) is 90.8 Å². The number of nitrogens with zero attached hydrogens (tertiary/aromatic N) is 8. The summed E-state index contributed by atoms with van der Waals surface area (Å²) in [6.07, 6.45) is 2.53. The van der Waals surface area contributed by atoms with Crippen molar-refractivity contribution in [3.05, 3.63) is 71.6 Å². The molecular weight excluding hydrogens is 869 g/mol. The number of ether oxygens (including phenoxy) is 4. The van der Waals surface area contributed by atoms with Gasteiger partial charge < -0.3 is 38.6 Å². The highest BCUT2D eigenvalue weighted by Crippen LogP contribution is 2.41. The molecule has 340 valence electrons. The van der Waals surface area contributed by atoms with Crippen LogP contribution in [0.15, 0.2) is 65.3 Å². The average molecular weight is 920 g/mol. The van der Waals surface area contributed by atoms with Gasteiger partial charge in [0.05, 0.1) is 13.3 Å². The van der Waals surface area contributed by atoms with Gasteiger partial charge in [0.15, 0.2) is 0 Å². The van der Waals surface area contributed by atoms with E-state index in [1.54, 1.807) is 70.3 Å². The lowest BCUT2D eigenvalue weighted by atomic mass is 10.0. The van der Waals surface area contributed by atoms with E-state index in [0.29, 0.717) is 47.9 Å². The maximum absolute atomic E-state index is 14.2. The molecule has 2 N–H and O–H groups in total. The highest BCUT2D eigenvalue weighted by Gasteiger charge is 2.55. The summed E-state index contributed by atoms with van der Waals surface area (Å²) in [5.41, 5.74) is 1.28. The number of methoxy groups -OCH3 is 1. The average Bonchev–Trinajstić information content (AvgIpc) is 3.86. The Labute approximate surface area is 377 Å². The van der Waals surface area contributed by atoms with Crippen LogP contribution in [-0.2, 0) is 53.1 Å². The van der Waals surface area contributed by atoms with Gasteiger partial charge in [-0.05, 0) is 83.3 Å². The lowest BCUT2D eigenvalue weighted by molar-refractivity contribution is -0.664. The molecular formula is C42H51N10O10S2+. The molecule has 2 fully saturated rings. The number of rotatable bonds is 14. The predicted octanol–water partition coefficient (Wildman–Crippen LogP) is 4.24. The number of thioether (sulfide) groups is 1. The number of fused-ring (bicyclic) bond motifs is 2. The summed E-state index contributed by atoms with van der Waals surface area (Å²) in [5.74, 6) is -1.02. The quantitative estimate of drug-likeness (QED) is 0.0452. The first kappa shape index (κ1) is 45.7. The van der Waals surface area contributed by atoms with Crippen LogP contribution in [0.1, 0.15) is 59.9 Å². The maximum atomic E-state index is 14.2. The molecule has 2 saturated heterocycles. The van der Waals surface area contributed by atoms with Gasteiger partial charge in [-0.2, -0.15) is 9.36 Å². The minimum absolute atomic E-state index is 0.0516. The third-order valence-corrected chi connectivity index (χ3v) is 11.8. The number of imidazole rings is 1. The molecule has 0 bridgehead atoms. The van der Waals surface area contributed by atoms with E-state index in [9.17, 15) is 24.0 Å². The van der Waals surface area contributed by atoms with Gasteiger partial charge in [0.2, 0.25) is 23.0 Å². The van der Waals surface area contributed by atoms with Crippen molar-refractivity contribution in [3.63, 3.8) is 0 Å². The molecule has 20 nitrogen and oxygen atoms in total. The van der Waals surface area contributed by atoms with Crippen molar-refractivity contribution >= 4 is 75.3 Å². The Morgan fingerprint density at radius 1 is 1.02 bits per heavy atom. The number of anilines is 1. The summed E-state index contributed by atoms with van der Waals surface area (Å²) in [4.78, 5) is 84.1. The fourth-order valence-electron chi connectivity index (χ4n) is 7.02. The molecule has 0 radical (unpaired) electrons. The normalized spacial score (nSPS) is 17.9. The summed E-state index contributed by atoms with van der Waals surface area (Å²) in [5, 5.41) is 8.53. The fraction of sp³-hybridized carbons (Fsp3) is 0.476. The zero-order chi connectivity index (χ0) is 45.9. The van der Waals surface area contributed by atoms with Crippen molar-refractivity contribution in [2.24, 2.45) is 11.1 Å². The number of aromatic nitrogens is 5. The van der Waals surface area contributed by atoms with E-state index in [1.165, 1.54) is 16.7 Å². The molecule has 0 spiro atoms. The zero-order valence-corrected chi connectivity index (χ0v) is 38.4. The number of pyridine rings is 1. The second-order valence-electron chi connectivity index (χ2n) is 17.1. The number of oxime groups is 1. The number of likely N-dealkylation sites (tertiary alicyclic amines) is 1. The number of benzene rings is 1. The Bertz CT molecular complexity index is 2480. The zero-order valence-electron chi connectivity index (χ0n) is 36.8. The topological polar surface area (TPSA) is 222 Å². The summed E-state index contributed by atoms with van der Waals surface area (Å²) in [6, 6.07) is 9.87. The van der Waals surface area contributed by atoms with E-state index < -0.39 is 46.5 Å². The van der Waals surface area contributed by atoms with Crippen LogP contribution in [0.4, 0.5) is 14.7 Å². The maximum Gasteiger partial charge on any atom is 0.414 e. The van der Waals surface area contributed by atoms with Crippen molar-refractivity contribution in [3.8, 4) is 5.75 Å². The first-order valence-electron chi connectivity index (χ1n) is 20.5. The van der Waals surface area contributed by atoms with Gasteiger partial charge in [0.25, 0.3) is 11.8 Å². The largest absolute Gasteiger partial charge is 0.497 e. The van der Waals surface area contributed by atoms with Gasteiger partial charge in [0, 0.05) is 48.4 Å². The van der Waals surface area contributed by atoms with Crippen LogP contribution in [0.5, 0.6) is 5.75 Å². The highest BCUT2D eigenvalue weighted by atomic mass is 32.2. The molecule has 0 aliphatic carbocycles. The lowest BCUT2D eigenvalue weighted by Gasteiger charge is -2.49. The van der Waals surface area contributed by atoms with Crippen molar-refractivity contribution in [1.82, 2.24) is 34.0 Å². The van der Waals surface area contributed by atoms with Gasteiger partial charge in [-0.15, -0.1) is 11.8 Å². The number of carbonyl (C=O) groups excluding carboxylic acids is 5. The third kappa shape index (κ3) is 10.6. The summed E-state index contributed by atoms with van der Waals surface area (Å²) in [7, 11) is 1.56. The molecule has 0 saturated carbocycles. The second kappa shape index (κ2) is 18.8. The van der Waals surface area contributed by atoms with Crippen LogP contribution in [0.25, 0.3) is 11.2 Å². The monoisotopic (exact) mass is 919 g/mol. The number of hydrogen-bond acceptors (Lipinski definition) is 16. The number of carbonyl (C=O) groups is 5. The van der Waals surface area contributed by atoms with Gasteiger partial charge >= 0.3 is 23.8 Å². The standard InChI is InChI=1S/C42H50N10O10S2/c1-9-60-47-29(32-45-38(64-48-32)46-39(56)61-41(2,3)4)34(53)44-30-35(54)52-31(37(55)59-21-24-12-14-27(58-8)15-13-24)26(22-63-36(30)52)20-49-16-10-11-28-33(49)43-23-51(28)19-25-17-50(18-25)40(57)62-42(5,6)7/h10-16,23,25,30,36H,9,17-22H2,1-8H3,(H-,44,45,46,48,53,56)/p+1/b47-29-. The van der Waals surface area contributed by atoms with Crippen molar-refractivity contribution in [1.29, 1.82) is 0 Å². The van der Waals surface area contributed by atoms with Gasteiger partial charge in [-0.1, -0.05) is 17.3 Å². The van der Waals surface area contributed by atoms with E-state index in [-0.39, 0.29) is 54.1 Å². The number of β-lactam (4-membered cyclic amide) rings is 1. The van der Waals surface area contributed by atoms with E-state index >= 15 is 0 Å². The molecule has 64 heavy (non-hydrogen) atoms. The first-order chi connectivity index (χ1) is 30.4. The summed E-state index contributed by atoms with van der Waals surface area (Å²) < 4.78 is 30.0. The molecule has 4 aromatic rings. The van der Waals surface area contributed by atoms with Crippen molar-refractivity contribution in [2.75, 3.05) is 37.9 Å². The van der Waals surface area contributed by atoms with E-state index in [1.807, 2.05) is 48.2 Å². The van der Waals surface area contributed by atoms with Gasteiger partial charge in [-0.25, -0.2) is 19.0 Å². The Morgan fingerprint density at radius 2 is 1.75 bits per heavy atom. The van der Waals surface area contributed by atoms with Crippen LogP contribution >= 0.6 is 23.3 Å². The van der Waals surface area contributed by atoms with Gasteiger partial charge in [-0.3, -0.25) is 19.8 Å². The van der Waals surface area contributed by atoms with Crippen LogP contribution in [0.3, 0.4) is 0 Å². The number of nitrogens with one attached hydrogen (secondary N) is 2. The Hall–Kier alpha value is -6.29. The van der Waals surface area contributed by atoms with E-state index in [0.717, 1.165) is 17.0 Å². The summed E-state index contributed by atoms with van der Waals surface area (Å²) in [6.45, 7) is 14.4. The van der Waals surface area contributed by atoms with Crippen LogP contribution in [-0.4, -0.2) is 120 Å². The number of hydrogen-bond donors (Lipinski definition) is 2. The Balaban J connectivity index is 1.09. The molecule has 1 aromatic carbocycles. The molecule has 4 amide bonds. The molecule has 3 aliphatic heterocycles. The predicted molar refractivity (Wildman–Crippen MR) is 234 cm³/mol. The van der Waals surface area contributed by atoms with E-state index in [2.05, 4.69) is 25.1 Å². The minimum Gasteiger partial charge on any atom is -0.497 e. The number of amides is 4. The second-order valence-corrected chi connectivity index (χ2v) is 19.0. The summed E-state index contributed by atoms with van der Waals surface area (Å²) >= 11 is 2.18. The van der Waals surface area contributed by atoms with Crippen LogP contribution in [0, 0.1) is 5.92 Å². The molecule has 7 rings (SSSR count). The lowest BCUT2D eigenvalue weighted by Crippen LogP contribution is -2.71. The third-order valence-electron chi connectivity index (χ3n) is 9.88. The SMILES string of the molecule is CCO/N=C(\C(=O)NC1C(=O)N2C(C(=O)OCc3ccc(OC)cc3)=C(C[n+]3cccc4c3ncn4CC3CN(C(=O)OC(C)(C)C)C3)CSC12)c1nsc(NC(=O)OC(C)(C)C)n1. The molecule has 3 aliphatic rings. The Morgan fingerprint density at radius 3 is 2.44 bits per heavy atom. The highest BCUT2D eigenvalue weighted by molar-refractivity contribution is 8.00. The number of esters is 1. The van der Waals surface area contributed by atoms with Crippen molar-refractivity contribution < 1.29 is 52.3 Å². The molecule has 2 unspecified atom stereocenters. The van der Waals surface area contributed by atoms with Gasteiger partial charge in [0.1, 0.15) is 59.3 Å². The smallest absolute Gasteiger partial charge is 0.414 e. The molecule has 2 atom stereocenters. The Kier molecular flexibility index (Phi) is 13.4. The van der Waals surface area contributed by atoms with Crippen LogP contribution in [0.2, 0.25) is 0 Å². The fourth-order valence-corrected chi connectivity index (χ4v) is 8.91. The molecule has 22 heteroatoms. The minimum atomic E-state index is -1.06. The van der Waals surface area contributed by atoms with Crippen LogP contribution < -0.4 is 19.9 Å². The van der Waals surface area contributed by atoms with E-state index in [4.69, 9.17) is 28.8 Å².